The van der Waals surface area contributed by atoms with Crippen LogP contribution in [0.5, 0.6) is 0 Å². The number of aryl methyl sites for hydroxylation is 1. The lowest BCUT2D eigenvalue weighted by Gasteiger charge is -2.38. The normalized spacial score (nSPS) is 19.2. The van der Waals surface area contributed by atoms with Gasteiger partial charge in [0.15, 0.2) is 0 Å². The lowest BCUT2D eigenvalue weighted by Crippen LogP contribution is -2.55. The maximum absolute atomic E-state index is 13.6. The highest BCUT2D eigenvalue weighted by atomic mass is 35.5. The van der Waals surface area contributed by atoms with Crippen LogP contribution >= 0.6 is 11.6 Å². The van der Waals surface area contributed by atoms with Crippen molar-refractivity contribution in [2.24, 2.45) is 4.99 Å². The van der Waals surface area contributed by atoms with Crippen molar-refractivity contribution in [3.05, 3.63) is 94.8 Å². The van der Waals surface area contributed by atoms with Gasteiger partial charge in [0.1, 0.15) is 23.9 Å². The molecule has 2 N–H and O–H groups in total. The molecule has 1 amide bonds. The van der Waals surface area contributed by atoms with Gasteiger partial charge in [-0.1, -0.05) is 47.5 Å². The number of benzene rings is 3. The van der Waals surface area contributed by atoms with Crippen LogP contribution in [0.15, 0.2) is 77.8 Å². The number of amides is 1. The fourth-order valence-corrected chi connectivity index (χ4v) is 4.70. The molecule has 8 heteroatoms. The molecular weight excluding hydrogens is 465 g/mol. The van der Waals surface area contributed by atoms with Crippen molar-refractivity contribution in [1.29, 1.82) is 0 Å². The Bertz CT molecular complexity index is 1230. The van der Waals surface area contributed by atoms with Crippen molar-refractivity contribution >= 4 is 34.7 Å². The van der Waals surface area contributed by atoms with Gasteiger partial charge in [-0.05, 0) is 55.0 Å². The van der Waals surface area contributed by atoms with Crippen LogP contribution in [0.2, 0.25) is 5.02 Å². The molecule has 35 heavy (non-hydrogen) atoms. The van der Waals surface area contributed by atoms with Crippen molar-refractivity contribution < 1.29 is 9.18 Å². The molecule has 3 aromatic carbocycles. The van der Waals surface area contributed by atoms with Gasteiger partial charge in [-0.2, -0.15) is 0 Å². The molecule has 5 rings (SSSR count). The second-order valence-corrected chi connectivity index (χ2v) is 9.31. The maximum atomic E-state index is 13.6. The minimum Gasteiger partial charge on any atom is -0.376 e. The van der Waals surface area contributed by atoms with Crippen molar-refractivity contribution in [1.82, 2.24) is 9.80 Å². The molecule has 2 heterocycles. The van der Waals surface area contributed by atoms with E-state index in [0.29, 0.717) is 24.7 Å². The van der Waals surface area contributed by atoms with E-state index in [1.807, 2.05) is 17.0 Å². The molecular formula is C27H27ClFN5O. The number of nitrogens with zero attached hydrogens (tertiary/aromatic N) is 3. The number of nitrogens with one attached hydrogen (secondary N) is 2. The summed E-state index contributed by atoms with van der Waals surface area (Å²) >= 11 is 6.04. The predicted octanol–water partition coefficient (Wildman–Crippen LogP) is 4.94. The van der Waals surface area contributed by atoms with Crippen molar-refractivity contribution in [2.45, 2.75) is 19.1 Å². The minimum atomic E-state index is -0.274. The first-order valence-corrected chi connectivity index (χ1v) is 12.0. The highest BCUT2D eigenvalue weighted by Crippen LogP contribution is 2.34. The summed E-state index contributed by atoms with van der Waals surface area (Å²) in [6, 6.07) is 21.8. The molecule has 1 saturated heterocycles. The number of carbonyl (C=O) groups is 1. The van der Waals surface area contributed by atoms with Crippen LogP contribution in [-0.4, -0.2) is 53.9 Å². The maximum Gasteiger partial charge on any atom is 0.242 e. The first-order chi connectivity index (χ1) is 17.0. The highest BCUT2D eigenvalue weighted by molar-refractivity contribution is 6.30. The topological polar surface area (TPSA) is 60.0 Å². The van der Waals surface area contributed by atoms with Gasteiger partial charge in [0.05, 0.1) is 13.1 Å². The molecule has 6 nitrogen and oxygen atoms in total. The minimum absolute atomic E-state index is 0.000557. The number of fused-ring (bicyclic) bond motifs is 1. The Labute approximate surface area is 209 Å². The van der Waals surface area contributed by atoms with Gasteiger partial charge in [0.2, 0.25) is 5.91 Å². The average Bonchev–Trinajstić information content (AvgIpc) is 3.22. The van der Waals surface area contributed by atoms with E-state index in [2.05, 4.69) is 46.7 Å². The highest BCUT2D eigenvalue weighted by Gasteiger charge is 2.40. The molecule has 2 atom stereocenters. The second kappa shape index (κ2) is 9.96. The Kier molecular flexibility index (Phi) is 6.59. The Morgan fingerprint density at radius 3 is 2.57 bits per heavy atom. The van der Waals surface area contributed by atoms with Gasteiger partial charge in [-0.3, -0.25) is 9.79 Å². The van der Waals surface area contributed by atoms with E-state index in [0.717, 1.165) is 22.8 Å². The fourth-order valence-electron chi connectivity index (χ4n) is 4.51. The van der Waals surface area contributed by atoms with Gasteiger partial charge < -0.3 is 20.4 Å². The van der Waals surface area contributed by atoms with Crippen molar-refractivity contribution in [3.8, 4) is 0 Å². The van der Waals surface area contributed by atoms with Crippen LogP contribution in [0.3, 0.4) is 0 Å². The Morgan fingerprint density at radius 2 is 1.83 bits per heavy atom. The van der Waals surface area contributed by atoms with Crippen LogP contribution in [0, 0.1) is 12.7 Å². The summed E-state index contributed by atoms with van der Waals surface area (Å²) < 4.78 is 13.6. The zero-order chi connectivity index (χ0) is 24.4. The molecule has 1 fully saturated rings. The third-order valence-corrected chi connectivity index (χ3v) is 6.63. The van der Waals surface area contributed by atoms with Gasteiger partial charge in [0.25, 0.3) is 0 Å². The molecule has 0 spiro atoms. The number of amidine groups is 1. The lowest BCUT2D eigenvalue weighted by molar-refractivity contribution is -0.129. The number of hydrogen-bond donors (Lipinski definition) is 2. The summed E-state index contributed by atoms with van der Waals surface area (Å²) in [6.07, 6.45) is -0.125. The van der Waals surface area contributed by atoms with Gasteiger partial charge >= 0.3 is 0 Å². The molecule has 0 aliphatic carbocycles. The van der Waals surface area contributed by atoms with Crippen LogP contribution in [0.25, 0.3) is 0 Å². The van der Waals surface area contributed by atoms with E-state index in [4.69, 9.17) is 16.6 Å². The quantitative estimate of drug-likeness (QED) is 0.513. The first kappa shape index (κ1) is 23.2. The first-order valence-electron chi connectivity index (χ1n) is 11.7. The number of carbonyl (C=O) groups excluding carboxylic acids is 1. The van der Waals surface area contributed by atoms with Crippen LogP contribution in [0.1, 0.15) is 17.2 Å². The summed E-state index contributed by atoms with van der Waals surface area (Å²) in [5.74, 6) is 0.580. The van der Waals surface area contributed by atoms with Crippen LogP contribution in [-0.2, 0) is 4.79 Å². The molecule has 3 aromatic rings. The largest absolute Gasteiger partial charge is 0.376 e. The van der Waals surface area contributed by atoms with Gasteiger partial charge in [-0.25, -0.2) is 4.39 Å². The number of rotatable bonds is 6. The Morgan fingerprint density at radius 1 is 1.06 bits per heavy atom. The Balaban J connectivity index is 1.32. The second-order valence-electron chi connectivity index (χ2n) is 8.87. The third-order valence-electron chi connectivity index (χ3n) is 6.40. The zero-order valence-corrected chi connectivity index (χ0v) is 20.2. The molecule has 2 aliphatic rings. The third kappa shape index (κ3) is 5.25. The summed E-state index contributed by atoms with van der Waals surface area (Å²) in [6.45, 7) is 3.92. The molecule has 0 saturated carbocycles. The van der Waals surface area contributed by atoms with E-state index >= 15 is 0 Å². The van der Waals surface area contributed by atoms with E-state index < -0.39 is 0 Å². The van der Waals surface area contributed by atoms with Crippen molar-refractivity contribution in [2.75, 3.05) is 36.8 Å². The molecule has 0 aromatic heterocycles. The number of piperazine rings is 1. The number of aliphatic imine (C=N–C) groups is 1. The monoisotopic (exact) mass is 491 g/mol. The van der Waals surface area contributed by atoms with E-state index in [9.17, 15) is 9.18 Å². The Hall–Kier alpha value is -3.58. The average molecular weight is 492 g/mol. The smallest absolute Gasteiger partial charge is 0.242 e. The lowest BCUT2D eigenvalue weighted by atomic mass is 10.0. The fraction of sp³-hybridized carbons (Fsp3) is 0.259. The van der Waals surface area contributed by atoms with Crippen molar-refractivity contribution in [3.63, 3.8) is 0 Å². The summed E-state index contributed by atoms with van der Waals surface area (Å²) in [4.78, 5) is 22.0. The van der Waals surface area contributed by atoms with Gasteiger partial charge in [0, 0.05) is 29.5 Å². The predicted molar refractivity (Wildman–Crippen MR) is 138 cm³/mol. The summed E-state index contributed by atoms with van der Waals surface area (Å²) in [5.41, 5.74) is 3.92. The number of hydrogen-bond acceptors (Lipinski definition) is 5. The SMILES string of the molecule is Cc1ccc(NC2C(c3ccc(F)cc3)N=C3CN(C(=O)CNc4cccc(Cl)c4)CCN32)cc1. The summed E-state index contributed by atoms with van der Waals surface area (Å²) in [5, 5.41) is 7.39. The van der Waals surface area contributed by atoms with E-state index in [-0.39, 0.29) is 30.5 Å². The zero-order valence-electron chi connectivity index (χ0n) is 19.4. The number of halogens is 2. The molecule has 0 radical (unpaired) electrons. The standard InChI is InChI=1S/C27H27ClFN5O/c1-18-5-11-22(12-6-18)31-27-26(19-7-9-21(29)10-8-19)32-24-17-33(13-14-34(24)27)25(35)16-30-23-4-2-3-20(28)15-23/h2-12,15,26-27,30-31H,13-14,16-17H2,1H3. The van der Waals surface area contributed by atoms with Crippen LogP contribution in [0.4, 0.5) is 15.8 Å². The molecule has 180 valence electrons. The molecule has 2 aliphatic heterocycles. The molecule has 2 unspecified atom stereocenters. The molecule has 0 bridgehead atoms. The summed E-state index contributed by atoms with van der Waals surface area (Å²) in [7, 11) is 0. The number of anilines is 2. The van der Waals surface area contributed by atoms with E-state index in [1.54, 1.807) is 24.3 Å². The van der Waals surface area contributed by atoms with E-state index in [1.165, 1.54) is 17.7 Å². The van der Waals surface area contributed by atoms with Gasteiger partial charge in [-0.15, -0.1) is 0 Å². The van der Waals surface area contributed by atoms with Crippen LogP contribution < -0.4 is 10.6 Å².